The van der Waals surface area contributed by atoms with Gasteiger partial charge in [0, 0.05) is 53.6 Å². The SMILES string of the molecule is CNC(=O)c1cc(Cl)cc(C)c1N.CNC(=O)c1cc(Cl)cc(C)c1NC(=O)c1cc(Cn2nc(C(F)(F)F)cc2C)nn1-c1ncccc1Cl.Cc1cc(C(F)(F)F)nn1Cc1cc(C(=O)O)n(-c2ncccc2Cl)n1. The lowest BCUT2D eigenvalue weighted by molar-refractivity contribution is -0.142. The molecule has 2 aromatic carbocycles. The van der Waals surface area contributed by atoms with Crippen LogP contribution in [0.2, 0.25) is 20.1 Å². The molecule has 0 saturated carbocycles. The number of carboxylic acid groups (broad SMARTS) is 1. The second-order valence-electron chi connectivity index (χ2n) is 16.4. The Morgan fingerprint density at radius 2 is 1.03 bits per heavy atom. The van der Waals surface area contributed by atoms with Crippen LogP contribution in [0, 0.1) is 27.7 Å². The van der Waals surface area contributed by atoms with Crippen LogP contribution in [-0.4, -0.2) is 92.0 Å². The van der Waals surface area contributed by atoms with Crippen LogP contribution in [0.25, 0.3) is 11.6 Å². The predicted molar refractivity (Wildman–Crippen MR) is 273 cm³/mol. The van der Waals surface area contributed by atoms with Crippen LogP contribution in [0.3, 0.4) is 0 Å². The summed E-state index contributed by atoms with van der Waals surface area (Å²) in [4.78, 5) is 56.9. The van der Waals surface area contributed by atoms with Crippen LogP contribution in [0.4, 0.5) is 37.7 Å². The number of nitrogens with two attached hydrogens (primary N) is 1. The van der Waals surface area contributed by atoms with E-state index >= 15 is 0 Å². The first-order valence-electron chi connectivity index (χ1n) is 22.1. The number of rotatable bonds is 11. The zero-order valence-corrected chi connectivity index (χ0v) is 43.9. The van der Waals surface area contributed by atoms with E-state index in [2.05, 4.69) is 46.3 Å². The molecular weight excluding hydrogens is 1110 g/mol. The van der Waals surface area contributed by atoms with E-state index in [-0.39, 0.29) is 86.1 Å². The molecule has 29 heteroatoms. The van der Waals surface area contributed by atoms with Gasteiger partial charge in [0.2, 0.25) is 0 Å². The Morgan fingerprint density at radius 3 is 1.45 bits per heavy atom. The number of aromatic nitrogens is 10. The van der Waals surface area contributed by atoms with E-state index in [9.17, 15) is 50.6 Å². The summed E-state index contributed by atoms with van der Waals surface area (Å²) in [6.45, 7) is 6.13. The van der Waals surface area contributed by atoms with E-state index < -0.39 is 41.5 Å². The van der Waals surface area contributed by atoms with Crippen molar-refractivity contribution in [3.63, 3.8) is 0 Å². The van der Waals surface area contributed by atoms with Gasteiger partial charge in [-0.3, -0.25) is 23.7 Å². The minimum atomic E-state index is -4.61. The van der Waals surface area contributed by atoms with E-state index in [4.69, 9.17) is 52.1 Å². The van der Waals surface area contributed by atoms with Gasteiger partial charge in [0.1, 0.15) is 5.69 Å². The summed E-state index contributed by atoms with van der Waals surface area (Å²) in [5, 5.41) is 33.9. The average Bonchev–Trinajstić information content (AvgIpc) is 4.18. The van der Waals surface area contributed by atoms with Gasteiger partial charge in [-0.1, -0.05) is 46.4 Å². The maximum atomic E-state index is 13.5. The molecule has 6 heterocycles. The summed E-state index contributed by atoms with van der Waals surface area (Å²) < 4.78 is 82.1. The molecule has 8 rings (SSSR count). The molecule has 0 unspecified atom stereocenters. The quantitative estimate of drug-likeness (QED) is 0.0600. The normalized spacial score (nSPS) is 11.3. The lowest BCUT2D eigenvalue weighted by Gasteiger charge is -2.14. The van der Waals surface area contributed by atoms with Crippen LogP contribution in [0.15, 0.2) is 85.2 Å². The Balaban J connectivity index is 0.000000211. The monoisotopic (exact) mass is 1150 g/mol. The van der Waals surface area contributed by atoms with Gasteiger partial charge in [-0.15, -0.1) is 0 Å². The van der Waals surface area contributed by atoms with Crippen LogP contribution >= 0.6 is 46.4 Å². The molecule has 0 fully saturated rings. The molecular formula is C48H42Cl4F6N14O5. The van der Waals surface area contributed by atoms with E-state index in [0.29, 0.717) is 26.9 Å². The molecule has 0 saturated heterocycles. The van der Waals surface area contributed by atoms with Crippen molar-refractivity contribution in [1.82, 2.24) is 59.7 Å². The highest BCUT2D eigenvalue weighted by atomic mass is 35.5. The van der Waals surface area contributed by atoms with E-state index in [1.807, 2.05) is 6.92 Å². The molecule has 6 N–H and O–H groups in total. The number of hydrogen-bond acceptors (Lipinski definition) is 11. The van der Waals surface area contributed by atoms with Crippen LogP contribution in [-0.2, 0) is 25.4 Å². The average molecular weight is 1150 g/mol. The summed E-state index contributed by atoms with van der Waals surface area (Å²) in [7, 11) is 2.99. The summed E-state index contributed by atoms with van der Waals surface area (Å²) >= 11 is 24.2. The molecule has 404 valence electrons. The van der Waals surface area contributed by atoms with Crippen molar-refractivity contribution in [3.8, 4) is 11.6 Å². The Bertz CT molecular complexity index is 3540. The number of alkyl halides is 6. The molecule has 0 radical (unpaired) electrons. The number of benzene rings is 2. The van der Waals surface area contributed by atoms with E-state index in [0.717, 1.165) is 31.7 Å². The van der Waals surface area contributed by atoms with Gasteiger partial charge >= 0.3 is 18.3 Å². The molecule has 19 nitrogen and oxygen atoms in total. The molecule has 0 aliphatic rings. The number of carboxylic acids is 1. The van der Waals surface area contributed by atoms with Gasteiger partial charge in [-0.25, -0.2) is 24.1 Å². The molecule has 0 aliphatic heterocycles. The topological polar surface area (TPSA) is 248 Å². The molecule has 77 heavy (non-hydrogen) atoms. The Labute approximate surface area is 452 Å². The van der Waals surface area contributed by atoms with Crippen molar-refractivity contribution in [3.05, 3.63) is 173 Å². The van der Waals surface area contributed by atoms with Gasteiger partial charge in [-0.05, 0) is 112 Å². The summed E-state index contributed by atoms with van der Waals surface area (Å²) in [5.41, 5.74) is 6.92. The Morgan fingerprint density at radius 1 is 0.597 bits per heavy atom. The fourth-order valence-electron chi connectivity index (χ4n) is 7.12. The number of amides is 3. The number of carbonyl (C=O) groups excluding carboxylic acids is 3. The third kappa shape index (κ3) is 13.9. The molecule has 6 aromatic heterocycles. The number of carbonyl (C=O) groups is 4. The zero-order valence-electron chi connectivity index (χ0n) is 40.9. The lowest BCUT2D eigenvalue weighted by Crippen LogP contribution is -2.23. The van der Waals surface area contributed by atoms with Crippen molar-refractivity contribution >= 4 is 81.5 Å². The molecule has 0 spiro atoms. The first-order valence-corrected chi connectivity index (χ1v) is 23.6. The second kappa shape index (κ2) is 23.9. The molecule has 3 amide bonds. The molecule has 0 bridgehead atoms. The van der Waals surface area contributed by atoms with Crippen LogP contribution < -0.4 is 21.7 Å². The highest BCUT2D eigenvalue weighted by Crippen LogP contribution is 2.32. The first kappa shape index (κ1) is 58.3. The fourth-order valence-corrected chi connectivity index (χ4v) is 8.07. The molecule has 0 aliphatic carbocycles. The summed E-state index contributed by atoms with van der Waals surface area (Å²) in [6, 6.07) is 17.0. The number of pyridine rings is 2. The summed E-state index contributed by atoms with van der Waals surface area (Å²) in [5.74, 6) is -2.41. The number of anilines is 2. The van der Waals surface area contributed by atoms with Gasteiger partial charge in [0.25, 0.3) is 17.7 Å². The van der Waals surface area contributed by atoms with Gasteiger partial charge in [0.15, 0.2) is 28.7 Å². The number of nitrogen functional groups attached to an aromatic ring is 1. The van der Waals surface area contributed by atoms with Crippen molar-refractivity contribution < 1.29 is 50.6 Å². The predicted octanol–water partition coefficient (Wildman–Crippen LogP) is 9.85. The summed E-state index contributed by atoms with van der Waals surface area (Å²) in [6.07, 6.45) is -6.31. The fraction of sp³-hybridized carbons (Fsp3) is 0.208. The van der Waals surface area contributed by atoms with Crippen LogP contribution in [0.5, 0.6) is 0 Å². The Kier molecular flexibility index (Phi) is 18.1. The maximum absolute atomic E-state index is 13.5. The second-order valence-corrected chi connectivity index (χ2v) is 18.1. The van der Waals surface area contributed by atoms with Crippen molar-refractivity contribution in [2.45, 2.75) is 53.1 Å². The third-order valence-electron chi connectivity index (χ3n) is 10.9. The highest BCUT2D eigenvalue weighted by molar-refractivity contribution is 6.33. The lowest BCUT2D eigenvalue weighted by atomic mass is 10.1. The van der Waals surface area contributed by atoms with E-state index in [1.165, 1.54) is 62.2 Å². The minimum Gasteiger partial charge on any atom is -0.477 e. The van der Waals surface area contributed by atoms with Crippen molar-refractivity contribution in [2.75, 3.05) is 25.1 Å². The van der Waals surface area contributed by atoms with Crippen molar-refractivity contribution in [2.24, 2.45) is 0 Å². The standard InChI is InChI=1S/C24H20Cl2F3N7O2.C15H11ClF3N5O2.C9H11ClN2O/c1-12-7-14(25)9-16(22(37)30-3)20(12)32-23(38)18-10-15(33-36(18)21-17(26)5-4-6-31-21)11-35-13(2)8-19(34-35)24(27,28)29;1-8-5-12(15(17,18)19)22-23(8)7-9-6-11(14(25)26)24(21-9)13-10(16)3-2-4-20-13;1-5-3-6(10)4-7(8(5)11)9(13)12-2/h4-10H,11H2,1-3H3,(H,30,37)(H,32,38);2-6H,7H2,1H3,(H,25,26);3-4H,11H2,1-2H3,(H,12,13). The number of hydrogen-bond donors (Lipinski definition) is 5. The number of nitrogens with one attached hydrogen (secondary N) is 3. The smallest absolute Gasteiger partial charge is 0.435 e. The highest BCUT2D eigenvalue weighted by Gasteiger charge is 2.36. The first-order chi connectivity index (χ1) is 36.1. The van der Waals surface area contributed by atoms with Crippen molar-refractivity contribution in [1.29, 1.82) is 0 Å². The van der Waals surface area contributed by atoms with Gasteiger partial charge in [-0.2, -0.15) is 46.7 Å². The molecule has 0 atom stereocenters. The largest absolute Gasteiger partial charge is 0.477 e. The number of aromatic carboxylic acids is 1. The maximum Gasteiger partial charge on any atom is 0.435 e. The van der Waals surface area contributed by atoms with Gasteiger partial charge in [0.05, 0.1) is 51.3 Å². The number of nitrogens with zero attached hydrogens (tertiary/aromatic N) is 10. The van der Waals surface area contributed by atoms with Crippen LogP contribution in [0.1, 0.15) is 87.0 Å². The van der Waals surface area contributed by atoms with E-state index in [1.54, 1.807) is 50.4 Å². The third-order valence-corrected chi connectivity index (χ3v) is 11.9. The van der Waals surface area contributed by atoms with Gasteiger partial charge < -0.3 is 26.8 Å². The Hall–Kier alpha value is -8.00. The number of halogens is 10. The minimum absolute atomic E-state index is 0.0290. The number of aryl methyl sites for hydroxylation is 4. The molecule has 8 aromatic rings. The zero-order chi connectivity index (χ0) is 56.8.